The van der Waals surface area contributed by atoms with Gasteiger partial charge in [-0.25, -0.2) is 18.0 Å². The number of hydrazine groups is 1. The number of sulfonamides is 1. The van der Waals surface area contributed by atoms with Crippen molar-refractivity contribution in [3.05, 3.63) is 45.1 Å². The highest BCUT2D eigenvalue weighted by Gasteiger charge is 2.22. The van der Waals surface area contributed by atoms with Crippen LogP contribution in [0.1, 0.15) is 34.6 Å². The maximum atomic E-state index is 12.2. The molecular weight excluding hydrogens is 398 g/mol. The van der Waals surface area contributed by atoms with Crippen molar-refractivity contribution >= 4 is 39.1 Å². The van der Waals surface area contributed by atoms with Crippen molar-refractivity contribution in [3.8, 4) is 0 Å². The zero-order valence-electron chi connectivity index (χ0n) is 14.4. The van der Waals surface area contributed by atoms with Crippen molar-refractivity contribution in [3.63, 3.8) is 0 Å². The van der Waals surface area contributed by atoms with Gasteiger partial charge in [0.15, 0.2) is 0 Å². The number of hydrogen-bond acceptors (Lipinski definition) is 9. The number of aromatic nitrogens is 1. The Kier molecular flexibility index (Phi) is 6.71. The summed E-state index contributed by atoms with van der Waals surface area (Å²) >= 11 is 0.983. The molecule has 0 atom stereocenters. The van der Waals surface area contributed by atoms with Gasteiger partial charge in [0.1, 0.15) is 21.2 Å². The van der Waals surface area contributed by atoms with Crippen LogP contribution in [0.3, 0.4) is 0 Å². The quantitative estimate of drug-likeness (QED) is 0.429. The summed E-state index contributed by atoms with van der Waals surface area (Å²) in [6, 6.07) is 3.92. The summed E-state index contributed by atoms with van der Waals surface area (Å²) < 4.78 is 34.0. The van der Waals surface area contributed by atoms with Gasteiger partial charge < -0.3 is 14.5 Å². The predicted octanol–water partition coefficient (Wildman–Crippen LogP) is 1.10. The van der Waals surface area contributed by atoms with E-state index in [9.17, 15) is 22.8 Å². The molecule has 0 amide bonds. The van der Waals surface area contributed by atoms with Gasteiger partial charge in [0.05, 0.1) is 13.2 Å². The summed E-state index contributed by atoms with van der Waals surface area (Å²) in [5, 5.41) is 1.58. The molecule has 0 aromatic carbocycles. The predicted molar refractivity (Wildman–Crippen MR) is 97.2 cm³/mol. The number of hydrogen-bond donors (Lipinski definition) is 3. The third-order valence-electron chi connectivity index (χ3n) is 3.10. The monoisotopic (exact) mass is 415 g/mol. The number of thiophene rings is 1. The average molecular weight is 415 g/mol. The fourth-order valence-electron chi connectivity index (χ4n) is 1.94. The molecule has 27 heavy (non-hydrogen) atoms. The lowest BCUT2D eigenvalue weighted by Crippen LogP contribution is -2.32. The molecule has 0 unspecified atom stereocenters. The zero-order chi connectivity index (χ0) is 20.0. The van der Waals surface area contributed by atoms with E-state index >= 15 is 0 Å². The van der Waals surface area contributed by atoms with Gasteiger partial charge in [0, 0.05) is 0 Å². The van der Waals surface area contributed by atoms with Gasteiger partial charge in [-0.05, 0) is 31.4 Å². The van der Waals surface area contributed by atoms with Crippen molar-refractivity contribution in [1.29, 1.82) is 0 Å². The Balaban J connectivity index is 2.39. The minimum atomic E-state index is -3.93. The second kappa shape index (κ2) is 8.79. The second-order valence-corrected chi connectivity index (χ2v) is 7.76. The Morgan fingerprint density at radius 3 is 2.33 bits per heavy atom. The molecule has 2 rings (SSSR count). The van der Waals surface area contributed by atoms with Crippen LogP contribution in [-0.2, 0) is 19.5 Å². The van der Waals surface area contributed by atoms with Crippen molar-refractivity contribution in [2.75, 3.05) is 18.6 Å². The Labute approximate surface area is 158 Å². The van der Waals surface area contributed by atoms with E-state index in [-0.39, 0.29) is 28.8 Å². The minimum absolute atomic E-state index is 0.0261. The van der Waals surface area contributed by atoms with Crippen LogP contribution in [0, 0.1) is 0 Å². The number of carbonyl (C=O) groups excluding carboxylic acids is 2. The van der Waals surface area contributed by atoms with E-state index in [1.165, 1.54) is 6.07 Å². The van der Waals surface area contributed by atoms with Crippen LogP contribution in [0.25, 0.3) is 0 Å². The maximum Gasteiger partial charge on any atom is 0.343 e. The fourth-order valence-corrected chi connectivity index (χ4v) is 3.79. The number of aromatic amines is 1. The lowest BCUT2D eigenvalue weighted by molar-refractivity contribution is 0.0523. The number of H-pyrrole nitrogens is 1. The number of pyridine rings is 1. The van der Waals surface area contributed by atoms with E-state index in [2.05, 4.69) is 15.2 Å². The standard InChI is InChI=1S/C15H17N3O7S2/c1-3-24-14(20)9-8-10(15(21)25-4-2)13(19)16-12(9)17-18-27(22,23)11-6-5-7-26-11/h5-8,18H,3-4H2,1-2H3,(H2,16,17,19). The third kappa shape index (κ3) is 4.93. The molecule has 2 aromatic rings. The molecule has 0 saturated carbocycles. The number of anilines is 1. The highest BCUT2D eigenvalue weighted by Crippen LogP contribution is 2.17. The average Bonchev–Trinajstić information content (AvgIpc) is 3.16. The van der Waals surface area contributed by atoms with Crippen LogP contribution in [0.5, 0.6) is 0 Å². The molecule has 10 nitrogen and oxygen atoms in total. The third-order valence-corrected chi connectivity index (χ3v) is 5.75. The molecule has 2 aromatic heterocycles. The largest absolute Gasteiger partial charge is 0.462 e. The van der Waals surface area contributed by atoms with Crippen molar-refractivity contribution in [1.82, 2.24) is 9.82 Å². The topological polar surface area (TPSA) is 144 Å². The van der Waals surface area contributed by atoms with Gasteiger partial charge in [-0.1, -0.05) is 6.07 Å². The molecular formula is C15H17N3O7S2. The first kappa shape index (κ1) is 20.6. The van der Waals surface area contributed by atoms with Crippen molar-refractivity contribution in [2.24, 2.45) is 0 Å². The Hall–Kier alpha value is -2.70. The molecule has 146 valence electrons. The van der Waals surface area contributed by atoms with Gasteiger partial charge in [-0.3, -0.25) is 10.2 Å². The SMILES string of the molecule is CCOC(=O)c1cc(C(=O)OCC)c(=O)[nH]c1NNS(=O)(=O)c1cccs1. The Bertz CT molecular complexity index is 981. The Morgan fingerprint density at radius 2 is 1.78 bits per heavy atom. The molecule has 0 aliphatic heterocycles. The van der Waals surface area contributed by atoms with Crippen molar-refractivity contribution in [2.45, 2.75) is 18.1 Å². The summed E-state index contributed by atoms with van der Waals surface area (Å²) in [6.45, 7) is 3.21. The summed E-state index contributed by atoms with van der Waals surface area (Å²) in [7, 11) is -3.93. The lowest BCUT2D eigenvalue weighted by Gasteiger charge is -2.13. The number of carbonyl (C=O) groups is 2. The summed E-state index contributed by atoms with van der Waals surface area (Å²) in [5.74, 6) is -2.06. The molecule has 0 radical (unpaired) electrons. The van der Waals surface area contributed by atoms with E-state index in [0.717, 1.165) is 17.4 Å². The zero-order valence-corrected chi connectivity index (χ0v) is 16.0. The number of rotatable bonds is 8. The molecule has 0 saturated heterocycles. The molecule has 0 bridgehead atoms. The van der Waals surface area contributed by atoms with Crippen LogP contribution in [0.15, 0.2) is 32.6 Å². The molecule has 0 fully saturated rings. The van der Waals surface area contributed by atoms with E-state index in [1.54, 1.807) is 25.3 Å². The second-order valence-electron chi connectivity index (χ2n) is 4.90. The van der Waals surface area contributed by atoms with Crippen molar-refractivity contribution < 1.29 is 27.5 Å². The summed E-state index contributed by atoms with van der Waals surface area (Å²) in [5.41, 5.74) is 0.766. The lowest BCUT2D eigenvalue weighted by atomic mass is 10.2. The first-order valence-corrected chi connectivity index (χ1v) is 10.1. The summed E-state index contributed by atoms with van der Waals surface area (Å²) in [4.78, 5) is 40.4. The molecule has 0 aliphatic carbocycles. The molecule has 2 heterocycles. The van der Waals surface area contributed by atoms with Crippen LogP contribution >= 0.6 is 11.3 Å². The first-order chi connectivity index (χ1) is 12.8. The van der Waals surface area contributed by atoms with Gasteiger partial charge in [-0.2, -0.15) is 0 Å². The number of ether oxygens (including phenoxy) is 2. The van der Waals surface area contributed by atoms with Crippen LogP contribution in [-0.4, -0.2) is 38.6 Å². The van der Waals surface area contributed by atoms with E-state index in [0.29, 0.717) is 0 Å². The van der Waals surface area contributed by atoms with Crippen LogP contribution in [0.4, 0.5) is 5.82 Å². The minimum Gasteiger partial charge on any atom is -0.462 e. The summed E-state index contributed by atoms with van der Waals surface area (Å²) in [6.07, 6.45) is 0. The van der Waals surface area contributed by atoms with Crippen LogP contribution in [0.2, 0.25) is 0 Å². The molecule has 0 spiro atoms. The molecule has 3 N–H and O–H groups in total. The first-order valence-electron chi connectivity index (χ1n) is 7.73. The van der Waals surface area contributed by atoms with Gasteiger partial charge in [0.2, 0.25) is 0 Å². The highest BCUT2D eigenvalue weighted by molar-refractivity contribution is 7.91. The normalized spacial score (nSPS) is 11.0. The number of nitrogens with one attached hydrogen (secondary N) is 3. The van der Waals surface area contributed by atoms with E-state index < -0.39 is 33.1 Å². The fraction of sp³-hybridized carbons (Fsp3) is 0.267. The van der Waals surface area contributed by atoms with Gasteiger partial charge >= 0.3 is 11.9 Å². The Morgan fingerprint density at radius 1 is 1.15 bits per heavy atom. The molecule has 0 aliphatic rings. The van der Waals surface area contributed by atoms with Gasteiger partial charge in [-0.15, -0.1) is 16.2 Å². The van der Waals surface area contributed by atoms with E-state index in [1.807, 2.05) is 0 Å². The smallest absolute Gasteiger partial charge is 0.343 e. The van der Waals surface area contributed by atoms with Crippen LogP contribution < -0.4 is 15.8 Å². The highest BCUT2D eigenvalue weighted by atomic mass is 32.2. The maximum absolute atomic E-state index is 12.2. The van der Waals surface area contributed by atoms with E-state index in [4.69, 9.17) is 9.47 Å². The molecule has 12 heteroatoms. The van der Waals surface area contributed by atoms with Gasteiger partial charge in [0.25, 0.3) is 15.6 Å². The number of esters is 2.